The standard InChI is InChI=1S/C18H21ClN2O3/c1-23-16-8-5-14(11-17(16)24-2)12-21-18(22)20-10-9-13-3-6-15(19)7-4-13/h3-8,11H,9-10,12H2,1-2H3,(H2,20,21,22). The third-order valence-corrected chi connectivity index (χ3v) is 3.77. The average molecular weight is 349 g/mol. The van der Waals surface area contributed by atoms with Crippen LogP contribution in [0.15, 0.2) is 42.5 Å². The molecule has 0 aliphatic carbocycles. The zero-order chi connectivity index (χ0) is 17.4. The number of hydrogen-bond acceptors (Lipinski definition) is 3. The second kappa shape index (κ2) is 9.03. The Labute approximate surface area is 146 Å². The molecule has 24 heavy (non-hydrogen) atoms. The number of amides is 2. The molecule has 2 amide bonds. The minimum atomic E-state index is -0.209. The van der Waals surface area contributed by atoms with E-state index in [4.69, 9.17) is 21.1 Å². The number of nitrogens with one attached hydrogen (secondary N) is 2. The van der Waals surface area contributed by atoms with Crippen LogP contribution in [0, 0.1) is 0 Å². The maximum absolute atomic E-state index is 11.8. The SMILES string of the molecule is COc1ccc(CNC(=O)NCCc2ccc(Cl)cc2)cc1OC. The number of carbonyl (C=O) groups excluding carboxylic acids is 1. The van der Waals surface area contributed by atoms with Crippen LogP contribution in [0.4, 0.5) is 4.79 Å². The Hall–Kier alpha value is -2.40. The first-order valence-electron chi connectivity index (χ1n) is 7.59. The summed E-state index contributed by atoms with van der Waals surface area (Å²) < 4.78 is 10.4. The van der Waals surface area contributed by atoms with Crippen LogP contribution in [0.3, 0.4) is 0 Å². The van der Waals surface area contributed by atoms with E-state index in [-0.39, 0.29) is 6.03 Å². The van der Waals surface area contributed by atoms with Crippen LogP contribution in [0.5, 0.6) is 11.5 Å². The lowest BCUT2D eigenvalue weighted by molar-refractivity contribution is 0.240. The maximum Gasteiger partial charge on any atom is 0.315 e. The fraction of sp³-hybridized carbons (Fsp3) is 0.278. The first-order valence-corrected chi connectivity index (χ1v) is 7.97. The molecule has 2 rings (SSSR count). The van der Waals surface area contributed by atoms with Gasteiger partial charge in [0.05, 0.1) is 14.2 Å². The van der Waals surface area contributed by atoms with Crippen LogP contribution in [0.2, 0.25) is 5.02 Å². The number of ether oxygens (including phenoxy) is 2. The van der Waals surface area contributed by atoms with E-state index in [1.54, 1.807) is 14.2 Å². The highest BCUT2D eigenvalue weighted by Gasteiger charge is 2.06. The van der Waals surface area contributed by atoms with Crippen molar-refractivity contribution in [3.63, 3.8) is 0 Å². The molecule has 6 heteroatoms. The Balaban J connectivity index is 1.75. The highest BCUT2D eigenvalue weighted by Crippen LogP contribution is 2.27. The second-order valence-corrected chi connectivity index (χ2v) is 5.61. The van der Waals surface area contributed by atoms with Crippen LogP contribution in [-0.2, 0) is 13.0 Å². The zero-order valence-corrected chi connectivity index (χ0v) is 14.5. The molecule has 0 fully saturated rings. The predicted molar refractivity (Wildman–Crippen MR) is 94.9 cm³/mol. The molecule has 0 saturated carbocycles. The highest BCUT2D eigenvalue weighted by molar-refractivity contribution is 6.30. The number of hydrogen-bond donors (Lipinski definition) is 2. The molecule has 0 atom stereocenters. The molecule has 0 spiro atoms. The normalized spacial score (nSPS) is 10.1. The molecule has 0 aliphatic heterocycles. The van der Waals surface area contributed by atoms with Crippen LogP contribution in [-0.4, -0.2) is 26.8 Å². The summed E-state index contributed by atoms with van der Waals surface area (Å²) in [6, 6.07) is 12.9. The van der Waals surface area contributed by atoms with E-state index in [0.717, 1.165) is 17.5 Å². The van der Waals surface area contributed by atoms with Gasteiger partial charge in [-0.1, -0.05) is 29.8 Å². The molecule has 0 aliphatic rings. The van der Waals surface area contributed by atoms with Crippen molar-refractivity contribution in [1.82, 2.24) is 10.6 Å². The molecule has 0 unspecified atom stereocenters. The molecule has 2 aromatic carbocycles. The molecular formula is C18H21ClN2O3. The lowest BCUT2D eigenvalue weighted by Crippen LogP contribution is -2.36. The summed E-state index contributed by atoms with van der Waals surface area (Å²) >= 11 is 5.84. The lowest BCUT2D eigenvalue weighted by Gasteiger charge is -2.11. The molecule has 2 N–H and O–H groups in total. The number of benzene rings is 2. The molecule has 2 aromatic rings. The Bertz CT molecular complexity index is 674. The van der Waals surface area contributed by atoms with Crippen molar-refractivity contribution < 1.29 is 14.3 Å². The highest BCUT2D eigenvalue weighted by atomic mass is 35.5. The van der Waals surface area contributed by atoms with Crippen molar-refractivity contribution in [2.45, 2.75) is 13.0 Å². The van der Waals surface area contributed by atoms with Gasteiger partial charge in [0, 0.05) is 18.1 Å². The van der Waals surface area contributed by atoms with E-state index in [2.05, 4.69) is 10.6 Å². The van der Waals surface area contributed by atoms with Crippen LogP contribution in [0.1, 0.15) is 11.1 Å². The minimum Gasteiger partial charge on any atom is -0.493 e. The van der Waals surface area contributed by atoms with Crippen molar-refractivity contribution >= 4 is 17.6 Å². The molecular weight excluding hydrogens is 328 g/mol. The molecule has 128 valence electrons. The van der Waals surface area contributed by atoms with Gasteiger partial charge in [0.15, 0.2) is 11.5 Å². The first kappa shape index (κ1) is 17.9. The molecule has 0 heterocycles. The lowest BCUT2D eigenvalue weighted by atomic mass is 10.1. The fourth-order valence-electron chi connectivity index (χ4n) is 2.21. The first-order chi connectivity index (χ1) is 11.6. The Kier molecular flexibility index (Phi) is 6.75. The number of carbonyl (C=O) groups is 1. The maximum atomic E-state index is 11.8. The molecule has 0 saturated heterocycles. The zero-order valence-electron chi connectivity index (χ0n) is 13.8. The molecule has 5 nitrogen and oxygen atoms in total. The van der Waals surface area contributed by atoms with Crippen molar-refractivity contribution in [2.75, 3.05) is 20.8 Å². The van der Waals surface area contributed by atoms with E-state index in [9.17, 15) is 4.79 Å². The van der Waals surface area contributed by atoms with Gasteiger partial charge < -0.3 is 20.1 Å². The molecule has 0 radical (unpaired) electrons. The summed E-state index contributed by atoms with van der Waals surface area (Å²) in [5.41, 5.74) is 2.06. The Morgan fingerprint density at radius 3 is 2.29 bits per heavy atom. The summed E-state index contributed by atoms with van der Waals surface area (Å²) in [6.45, 7) is 0.965. The van der Waals surface area contributed by atoms with Gasteiger partial charge in [-0.05, 0) is 41.8 Å². The summed E-state index contributed by atoms with van der Waals surface area (Å²) in [5, 5.41) is 6.35. The predicted octanol–water partition coefficient (Wildman–Crippen LogP) is 3.40. The largest absolute Gasteiger partial charge is 0.493 e. The average Bonchev–Trinajstić information content (AvgIpc) is 2.61. The summed E-state index contributed by atoms with van der Waals surface area (Å²) in [4.78, 5) is 11.8. The monoisotopic (exact) mass is 348 g/mol. The Morgan fingerprint density at radius 1 is 0.958 bits per heavy atom. The van der Waals surface area contributed by atoms with Crippen molar-refractivity contribution in [1.29, 1.82) is 0 Å². The van der Waals surface area contributed by atoms with Gasteiger partial charge in [-0.15, -0.1) is 0 Å². The van der Waals surface area contributed by atoms with Crippen LogP contribution in [0.25, 0.3) is 0 Å². The number of rotatable bonds is 7. The van der Waals surface area contributed by atoms with Gasteiger partial charge >= 0.3 is 6.03 Å². The summed E-state index contributed by atoms with van der Waals surface area (Å²) in [6.07, 6.45) is 0.751. The smallest absolute Gasteiger partial charge is 0.315 e. The van der Waals surface area contributed by atoms with Gasteiger partial charge in [0.25, 0.3) is 0 Å². The van der Waals surface area contributed by atoms with E-state index >= 15 is 0 Å². The number of methoxy groups -OCH3 is 2. The summed E-state index contributed by atoms with van der Waals surface area (Å²) in [7, 11) is 3.17. The van der Waals surface area contributed by atoms with Crippen molar-refractivity contribution in [2.24, 2.45) is 0 Å². The molecule has 0 aromatic heterocycles. The number of urea groups is 1. The van der Waals surface area contributed by atoms with Crippen molar-refractivity contribution in [3.8, 4) is 11.5 Å². The van der Waals surface area contributed by atoms with E-state index in [1.807, 2.05) is 42.5 Å². The van der Waals surface area contributed by atoms with E-state index in [0.29, 0.717) is 29.6 Å². The van der Waals surface area contributed by atoms with Gasteiger partial charge in [0.1, 0.15) is 0 Å². The van der Waals surface area contributed by atoms with E-state index in [1.165, 1.54) is 0 Å². The molecule has 0 bridgehead atoms. The second-order valence-electron chi connectivity index (χ2n) is 5.18. The van der Waals surface area contributed by atoms with Gasteiger partial charge in [0.2, 0.25) is 0 Å². The Morgan fingerprint density at radius 2 is 1.62 bits per heavy atom. The third kappa shape index (κ3) is 5.35. The van der Waals surface area contributed by atoms with E-state index < -0.39 is 0 Å². The third-order valence-electron chi connectivity index (χ3n) is 3.51. The fourth-order valence-corrected chi connectivity index (χ4v) is 2.33. The van der Waals surface area contributed by atoms with Crippen molar-refractivity contribution in [3.05, 3.63) is 58.6 Å². The van der Waals surface area contributed by atoms with Gasteiger partial charge in [-0.25, -0.2) is 4.79 Å². The summed E-state index contributed by atoms with van der Waals surface area (Å²) in [5.74, 6) is 1.30. The quantitative estimate of drug-likeness (QED) is 0.806. The number of halogens is 1. The topological polar surface area (TPSA) is 59.6 Å². The van der Waals surface area contributed by atoms with Crippen LogP contribution >= 0.6 is 11.6 Å². The minimum absolute atomic E-state index is 0.209. The van der Waals surface area contributed by atoms with Gasteiger partial charge in [-0.2, -0.15) is 0 Å². The van der Waals surface area contributed by atoms with Gasteiger partial charge in [-0.3, -0.25) is 0 Å². The van der Waals surface area contributed by atoms with Crippen LogP contribution < -0.4 is 20.1 Å².